The van der Waals surface area contributed by atoms with Gasteiger partial charge in [0.15, 0.2) is 0 Å². The predicted molar refractivity (Wildman–Crippen MR) is 59.6 cm³/mol. The Morgan fingerprint density at radius 3 is 2.61 bits per heavy atom. The molecule has 0 aliphatic heterocycles. The second kappa shape index (κ2) is 5.93. The van der Waals surface area contributed by atoms with E-state index in [4.69, 9.17) is 4.42 Å². The van der Waals surface area contributed by atoms with Crippen molar-refractivity contribution in [1.29, 1.82) is 0 Å². The van der Waals surface area contributed by atoms with Gasteiger partial charge in [-0.3, -0.25) is 4.79 Å². The predicted octanol–water partition coefficient (Wildman–Crippen LogP) is 3.22. The number of furan rings is 1. The Hall–Kier alpha value is -1.46. The fourth-order valence-corrected chi connectivity index (χ4v) is 1.51. The molecule has 0 saturated heterocycles. The Bertz CT molecular complexity index is 373. The summed E-state index contributed by atoms with van der Waals surface area (Å²) in [7, 11) is 0. The van der Waals surface area contributed by atoms with Crippen LogP contribution >= 0.6 is 0 Å². The summed E-state index contributed by atoms with van der Waals surface area (Å²) in [6, 6.07) is 3.13. The Morgan fingerprint density at radius 1 is 1.50 bits per heavy atom. The highest BCUT2D eigenvalue weighted by atomic mass is 19.4. The molecule has 0 aliphatic carbocycles. The number of alkyl halides is 3. The molecule has 0 bridgehead atoms. The first kappa shape index (κ1) is 14.6. The molecule has 0 fully saturated rings. The van der Waals surface area contributed by atoms with Crippen LogP contribution in [0.2, 0.25) is 0 Å². The first-order chi connectivity index (χ1) is 8.33. The summed E-state index contributed by atoms with van der Waals surface area (Å²) in [6.45, 7) is 1.97. The maximum absolute atomic E-state index is 12.4. The van der Waals surface area contributed by atoms with Crippen molar-refractivity contribution >= 4 is 5.91 Å². The third-order valence-corrected chi connectivity index (χ3v) is 2.64. The minimum atomic E-state index is -4.41. The number of hydrogen-bond donors (Lipinski definition) is 0. The van der Waals surface area contributed by atoms with Gasteiger partial charge in [0, 0.05) is 5.92 Å². The summed E-state index contributed by atoms with van der Waals surface area (Å²) >= 11 is 0. The van der Waals surface area contributed by atoms with Crippen LogP contribution in [-0.2, 0) is 11.3 Å². The molecule has 18 heavy (non-hydrogen) atoms. The van der Waals surface area contributed by atoms with Crippen LogP contribution in [0.3, 0.4) is 0 Å². The summed E-state index contributed by atoms with van der Waals surface area (Å²) in [5.74, 6) is -0.593. The highest BCUT2D eigenvalue weighted by Gasteiger charge is 2.34. The Labute approximate surface area is 104 Å². The molecule has 0 N–H and O–H groups in total. The molecular formula is C12H16F3NO2. The van der Waals surface area contributed by atoms with Crippen molar-refractivity contribution in [2.45, 2.75) is 33.0 Å². The molecule has 1 aromatic heterocycles. The van der Waals surface area contributed by atoms with Gasteiger partial charge in [0.05, 0.1) is 12.8 Å². The second-order valence-corrected chi connectivity index (χ2v) is 4.20. The van der Waals surface area contributed by atoms with Crippen LogP contribution in [0.4, 0.5) is 13.2 Å². The van der Waals surface area contributed by atoms with Crippen molar-refractivity contribution < 1.29 is 22.4 Å². The highest BCUT2D eigenvalue weighted by Crippen LogP contribution is 2.20. The first-order valence-electron chi connectivity index (χ1n) is 5.71. The normalized spacial score (nSPS) is 13.4. The van der Waals surface area contributed by atoms with Crippen LogP contribution in [0.25, 0.3) is 0 Å². The largest absolute Gasteiger partial charge is 0.467 e. The Morgan fingerprint density at radius 2 is 2.17 bits per heavy atom. The molecular weight excluding hydrogens is 247 g/mol. The second-order valence-electron chi connectivity index (χ2n) is 4.20. The van der Waals surface area contributed by atoms with Gasteiger partial charge in [-0.1, -0.05) is 13.8 Å². The lowest BCUT2D eigenvalue weighted by atomic mass is 10.1. The molecule has 1 amide bonds. The molecule has 0 radical (unpaired) electrons. The fraction of sp³-hybridized carbons (Fsp3) is 0.583. The lowest BCUT2D eigenvalue weighted by Gasteiger charge is -2.25. The summed E-state index contributed by atoms with van der Waals surface area (Å²) < 4.78 is 42.3. The number of carbonyl (C=O) groups is 1. The van der Waals surface area contributed by atoms with Gasteiger partial charge in [0.1, 0.15) is 12.3 Å². The van der Waals surface area contributed by atoms with Crippen molar-refractivity contribution in [3.05, 3.63) is 24.2 Å². The van der Waals surface area contributed by atoms with Gasteiger partial charge >= 0.3 is 6.18 Å². The van der Waals surface area contributed by atoms with E-state index in [-0.39, 0.29) is 6.54 Å². The first-order valence-corrected chi connectivity index (χ1v) is 5.71. The number of rotatable bonds is 5. The van der Waals surface area contributed by atoms with E-state index in [1.54, 1.807) is 26.0 Å². The zero-order chi connectivity index (χ0) is 13.8. The lowest BCUT2D eigenvalue weighted by Crippen LogP contribution is -2.41. The molecule has 6 heteroatoms. The topological polar surface area (TPSA) is 33.5 Å². The minimum Gasteiger partial charge on any atom is -0.467 e. The van der Waals surface area contributed by atoms with E-state index in [0.29, 0.717) is 12.2 Å². The Kier molecular flexibility index (Phi) is 4.81. The molecule has 0 aromatic carbocycles. The zero-order valence-electron chi connectivity index (χ0n) is 10.3. The SMILES string of the molecule is CCC(C)C(=O)N(Cc1ccco1)CC(F)(F)F. The third kappa shape index (κ3) is 4.43. The standard InChI is InChI=1S/C12H16F3NO2/c1-3-9(2)11(17)16(8-12(13,14)15)7-10-5-4-6-18-10/h4-6,9H,3,7-8H2,1-2H3. The van der Waals surface area contributed by atoms with Gasteiger partial charge in [-0.2, -0.15) is 13.2 Å². The van der Waals surface area contributed by atoms with Crippen LogP contribution in [-0.4, -0.2) is 23.5 Å². The van der Waals surface area contributed by atoms with E-state index in [9.17, 15) is 18.0 Å². The van der Waals surface area contributed by atoms with Gasteiger partial charge in [-0.05, 0) is 18.6 Å². The molecule has 1 atom stereocenters. The molecule has 0 aliphatic rings. The monoisotopic (exact) mass is 263 g/mol. The lowest BCUT2D eigenvalue weighted by molar-refractivity contribution is -0.165. The van der Waals surface area contributed by atoms with E-state index in [0.717, 1.165) is 4.90 Å². The van der Waals surface area contributed by atoms with Gasteiger partial charge in [-0.15, -0.1) is 0 Å². The highest BCUT2D eigenvalue weighted by molar-refractivity contribution is 5.78. The summed E-state index contributed by atoms with van der Waals surface area (Å²) in [4.78, 5) is 12.6. The van der Waals surface area contributed by atoms with Crippen molar-refractivity contribution in [3.63, 3.8) is 0 Å². The van der Waals surface area contributed by atoms with E-state index in [1.807, 2.05) is 0 Å². The quantitative estimate of drug-likeness (QED) is 0.817. The van der Waals surface area contributed by atoms with Crippen LogP contribution in [0, 0.1) is 5.92 Å². The van der Waals surface area contributed by atoms with Crippen molar-refractivity contribution in [2.24, 2.45) is 5.92 Å². The van der Waals surface area contributed by atoms with Gasteiger partial charge in [0.25, 0.3) is 0 Å². The summed E-state index contributed by atoms with van der Waals surface area (Å²) in [5, 5.41) is 0. The maximum Gasteiger partial charge on any atom is 0.406 e. The van der Waals surface area contributed by atoms with Crippen molar-refractivity contribution in [3.8, 4) is 0 Å². The number of amides is 1. The molecule has 1 aromatic rings. The van der Waals surface area contributed by atoms with E-state index >= 15 is 0 Å². The number of hydrogen-bond acceptors (Lipinski definition) is 2. The Balaban J connectivity index is 2.78. The molecule has 1 heterocycles. The van der Waals surface area contributed by atoms with E-state index in [2.05, 4.69) is 0 Å². The molecule has 0 saturated carbocycles. The van der Waals surface area contributed by atoms with Crippen LogP contribution < -0.4 is 0 Å². The zero-order valence-corrected chi connectivity index (χ0v) is 10.3. The van der Waals surface area contributed by atoms with Crippen molar-refractivity contribution in [2.75, 3.05) is 6.54 Å². The number of carbonyl (C=O) groups excluding carboxylic acids is 1. The fourth-order valence-electron chi connectivity index (χ4n) is 1.51. The molecule has 1 rings (SSSR count). The molecule has 3 nitrogen and oxygen atoms in total. The van der Waals surface area contributed by atoms with Crippen molar-refractivity contribution in [1.82, 2.24) is 4.90 Å². The van der Waals surface area contributed by atoms with Gasteiger partial charge in [-0.25, -0.2) is 0 Å². The van der Waals surface area contributed by atoms with Crippen LogP contribution in [0.5, 0.6) is 0 Å². The van der Waals surface area contributed by atoms with Gasteiger partial charge in [0.2, 0.25) is 5.91 Å². The van der Waals surface area contributed by atoms with E-state index in [1.165, 1.54) is 6.26 Å². The van der Waals surface area contributed by atoms with E-state index < -0.39 is 24.5 Å². The average molecular weight is 263 g/mol. The third-order valence-electron chi connectivity index (χ3n) is 2.64. The number of halogens is 3. The van der Waals surface area contributed by atoms with Gasteiger partial charge < -0.3 is 9.32 Å². The summed E-state index contributed by atoms with van der Waals surface area (Å²) in [6.07, 6.45) is -2.53. The maximum atomic E-state index is 12.4. The molecule has 102 valence electrons. The molecule has 0 spiro atoms. The van der Waals surface area contributed by atoms with Crippen LogP contribution in [0.1, 0.15) is 26.0 Å². The minimum absolute atomic E-state index is 0.157. The van der Waals surface area contributed by atoms with Crippen LogP contribution in [0.15, 0.2) is 22.8 Å². The average Bonchev–Trinajstić information content (AvgIpc) is 2.77. The molecule has 1 unspecified atom stereocenters. The smallest absolute Gasteiger partial charge is 0.406 e. The summed E-state index contributed by atoms with van der Waals surface area (Å²) in [5.41, 5.74) is 0. The number of nitrogens with zero attached hydrogens (tertiary/aromatic N) is 1.